The van der Waals surface area contributed by atoms with Crippen molar-refractivity contribution in [3.05, 3.63) is 95.6 Å². The van der Waals surface area contributed by atoms with Gasteiger partial charge in [-0.05, 0) is 92.1 Å². The first-order chi connectivity index (χ1) is 31.9. The summed E-state index contributed by atoms with van der Waals surface area (Å²) in [4.78, 5) is 0. The first-order valence-electron chi connectivity index (χ1n) is 23.8. The lowest BCUT2D eigenvalue weighted by Gasteiger charge is -2.50. The highest BCUT2D eigenvalue weighted by molar-refractivity contribution is 6.74. The molecule has 5 aromatic carbocycles. The third-order valence-electron chi connectivity index (χ3n) is 14.8. The highest BCUT2D eigenvalue weighted by Crippen LogP contribution is 2.54. The lowest BCUT2D eigenvalue weighted by Crippen LogP contribution is -2.57. The van der Waals surface area contributed by atoms with E-state index in [9.17, 15) is 5.11 Å². The van der Waals surface area contributed by atoms with E-state index in [1.54, 1.807) is 35.5 Å². The minimum Gasteiger partial charge on any atom is -0.497 e. The SMILES string of the molecule is COc1ccc(OCC[C@](C)(OCc2ccccc2)C(O)c2ccc3c(OC)c4c(OC)c([C@H]5C[C@@H](O[Si](C)(C)C(C)(C)C)[C@H](O[Si](C)(C)C(C)(C)C)[C@@H](C)O5)ccc4c(OC)c3c2OC)cc1. The first kappa shape index (κ1) is 53.0. The van der Waals surface area contributed by atoms with Gasteiger partial charge in [0.15, 0.2) is 16.6 Å². The lowest BCUT2D eigenvalue weighted by atomic mass is 9.86. The Morgan fingerprint density at radius 2 is 1.16 bits per heavy atom. The van der Waals surface area contributed by atoms with Crippen LogP contribution in [0.25, 0.3) is 21.5 Å². The second kappa shape index (κ2) is 20.9. The Hall–Kier alpha value is -4.35. The minimum atomic E-state index is -2.25. The van der Waals surface area contributed by atoms with Gasteiger partial charge in [0.1, 0.15) is 40.6 Å². The summed E-state index contributed by atoms with van der Waals surface area (Å²) in [5.74, 6) is 3.58. The molecule has 0 spiro atoms. The van der Waals surface area contributed by atoms with Gasteiger partial charge in [0.25, 0.3) is 0 Å². The van der Waals surface area contributed by atoms with E-state index in [1.165, 1.54) is 0 Å². The van der Waals surface area contributed by atoms with E-state index < -0.39 is 28.3 Å². The molecular formula is C55H78O11Si2. The molecule has 1 unspecified atom stereocenters. The Labute approximate surface area is 407 Å². The number of ether oxygens (including phenoxy) is 8. The van der Waals surface area contributed by atoms with Crippen LogP contribution in [-0.4, -0.2) is 87.8 Å². The van der Waals surface area contributed by atoms with Crippen molar-refractivity contribution >= 4 is 38.2 Å². The van der Waals surface area contributed by atoms with E-state index in [2.05, 4.69) is 80.7 Å². The van der Waals surface area contributed by atoms with Crippen molar-refractivity contribution in [1.82, 2.24) is 0 Å². The van der Waals surface area contributed by atoms with Crippen LogP contribution in [0, 0.1) is 0 Å². The largest absolute Gasteiger partial charge is 0.497 e. The van der Waals surface area contributed by atoms with Crippen molar-refractivity contribution in [2.24, 2.45) is 0 Å². The van der Waals surface area contributed by atoms with Crippen LogP contribution >= 0.6 is 0 Å². The summed E-state index contributed by atoms with van der Waals surface area (Å²) in [5.41, 5.74) is 1.25. The fourth-order valence-electron chi connectivity index (χ4n) is 8.71. The van der Waals surface area contributed by atoms with Gasteiger partial charge in [-0.15, -0.1) is 0 Å². The van der Waals surface area contributed by atoms with Gasteiger partial charge < -0.3 is 51.9 Å². The van der Waals surface area contributed by atoms with Gasteiger partial charge >= 0.3 is 0 Å². The number of aliphatic hydroxyl groups excluding tert-OH is 1. The van der Waals surface area contributed by atoms with Crippen LogP contribution in [0.3, 0.4) is 0 Å². The number of rotatable bonds is 19. The molecule has 0 saturated carbocycles. The predicted molar refractivity (Wildman–Crippen MR) is 277 cm³/mol. The van der Waals surface area contributed by atoms with Gasteiger partial charge in [0.2, 0.25) is 0 Å². The Balaban J connectivity index is 1.44. The Morgan fingerprint density at radius 1 is 0.632 bits per heavy atom. The zero-order valence-electron chi connectivity index (χ0n) is 43.8. The van der Waals surface area contributed by atoms with Crippen LogP contribution in [0.2, 0.25) is 36.3 Å². The smallest absolute Gasteiger partial charge is 0.192 e. The zero-order chi connectivity index (χ0) is 50.0. The summed E-state index contributed by atoms with van der Waals surface area (Å²) in [7, 11) is 3.75. The molecule has 1 aliphatic rings. The van der Waals surface area contributed by atoms with Gasteiger partial charge in [-0.1, -0.05) is 84.0 Å². The second-order valence-corrected chi connectivity index (χ2v) is 30.9. The fraction of sp³-hybridized carbons (Fsp3) is 0.527. The number of fused-ring (bicyclic) bond motifs is 2. The van der Waals surface area contributed by atoms with Gasteiger partial charge in [-0.2, -0.15) is 0 Å². The number of methoxy groups -OCH3 is 5. The van der Waals surface area contributed by atoms with Gasteiger partial charge in [-0.3, -0.25) is 0 Å². The lowest BCUT2D eigenvalue weighted by molar-refractivity contribution is -0.154. The number of hydrogen-bond acceptors (Lipinski definition) is 11. The molecule has 1 saturated heterocycles. The van der Waals surface area contributed by atoms with Crippen molar-refractivity contribution < 1.29 is 51.9 Å². The van der Waals surface area contributed by atoms with Crippen molar-refractivity contribution in [2.75, 3.05) is 42.2 Å². The van der Waals surface area contributed by atoms with Crippen LogP contribution < -0.4 is 28.4 Å². The number of hydrogen-bond donors (Lipinski definition) is 1. The molecule has 0 radical (unpaired) electrons. The molecular weight excluding hydrogens is 893 g/mol. The Morgan fingerprint density at radius 3 is 1.71 bits per heavy atom. The van der Waals surface area contributed by atoms with E-state index in [4.69, 9.17) is 46.7 Å². The molecule has 68 heavy (non-hydrogen) atoms. The van der Waals surface area contributed by atoms with Crippen LogP contribution in [-0.2, 0) is 24.9 Å². The van der Waals surface area contributed by atoms with Crippen molar-refractivity contribution in [3.63, 3.8) is 0 Å². The van der Waals surface area contributed by atoms with Gasteiger partial charge in [-0.25, -0.2) is 0 Å². The Bertz CT molecular complexity index is 2480. The second-order valence-electron chi connectivity index (χ2n) is 21.4. The summed E-state index contributed by atoms with van der Waals surface area (Å²) < 4.78 is 65.1. The standard InChI is InChI=1S/C55H78O11Si2/c1-35-47(66-68(16,17)54(5,6)7)44(65-67(14,15)53(2,3)4)33-43(64-35)39-27-28-40-45(48(39)58-10)49(59-11)41-29-30-42(51(61-13)46(41)50(40)60-12)52(56)55(8,63-34-36-21-19-18-20-22-36)31-32-62-38-25-23-37(57-9)24-26-38/h18-30,35,43-44,47,52,56H,31-34H2,1-17H3/t35-,43-,44-,47-,52?,55+/m1/s1. The molecule has 5 aromatic rings. The summed E-state index contributed by atoms with van der Waals surface area (Å²) in [5, 5.41) is 15.4. The molecule has 1 heterocycles. The van der Waals surface area contributed by atoms with Crippen LogP contribution in [0.5, 0.6) is 34.5 Å². The van der Waals surface area contributed by atoms with Crippen LogP contribution in [0.1, 0.15) is 97.1 Å². The highest BCUT2D eigenvalue weighted by atomic mass is 28.4. The van der Waals surface area contributed by atoms with Crippen molar-refractivity contribution in [1.29, 1.82) is 0 Å². The minimum absolute atomic E-state index is 0.00573. The predicted octanol–water partition coefficient (Wildman–Crippen LogP) is 13.1. The van der Waals surface area contributed by atoms with E-state index in [0.29, 0.717) is 52.5 Å². The van der Waals surface area contributed by atoms with Gasteiger partial charge in [0.05, 0.1) is 89.6 Å². The van der Waals surface area contributed by atoms with Crippen molar-refractivity contribution in [2.45, 2.75) is 147 Å². The van der Waals surface area contributed by atoms with Gasteiger partial charge in [0, 0.05) is 34.7 Å². The molecule has 6 rings (SSSR count). The summed E-state index contributed by atoms with van der Waals surface area (Å²) in [6.07, 6.45) is -1.33. The number of benzene rings is 5. The number of aliphatic hydroxyl groups is 1. The van der Waals surface area contributed by atoms with Crippen LogP contribution in [0.4, 0.5) is 0 Å². The highest BCUT2D eigenvalue weighted by Gasteiger charge is 2.50. The maximum Gasteiger partial charge on any atom is 0.192 e. The average molecular weight is 971 g/mol. The monoisotopic (exact) mass is 971 g/mol. The average Bonchev–Trinajstić information content (AvgIpc) is 3.29. The zero-order valence-corrected chi connectivity index (χ0v) is 45.8. The van der Waals surface area contributed by atoms with E-state index in [0.717, 1.165) is 33.0 Å². The van der Waals surface area contributed by atoms with Crippen LogP contribution in [0.15, 0.2) is 78.9 Å². The summed E-state index contributed by atoms with van der Waals surface area (Å²) in [6, 6.07) is 25.3. The normalized spacial score (nSPS) is 19.6. The van der Waals surface area contributed by atoms with Crippen molar-refractivity contribution in [3.8, 4) is 34.5 Å². The Kier molecular flexibility index (Phi) is 16.3. The third kappa shape index (κ3) is 10.8. The topological polar surface area (TPSA) is 113 Å². The van der Waals surface area contributed by atoms with E-state index in [1.807, 2.05) is 79.7 Å². The molecule has 11 nitrogen and oxygen atoms in total. The first-order valence-corrected chi connectivity index (χ1v) is 29.7. The molecule has 1 N–H and O–H groups in total. The fourth-order valence-corrected chi connectivity index (χ4v) is 11.4. The molecule has 13 heteroatoms. The molecule has 0 amide bonds. The molecule has 6 atom stereocenters. The maximum absolute atomic E-state index is 12.6. The molecule has 372 valence electrons. The quantitative estimate of drug-likeness (QED) is 0.0630. The van der Waals surface area contributed by atoms with E-state index in [-0.39, 0.29) is 47.7 Å². The molecule has 0 bridgehead atoms. The maximum atomic E-state index is 12.6. The molecule has 0 aliphatic carbocycles. The summed E-state index contributed by atoms with van der Waals surface area (Å²) in [6.45, 7) is 27.4. The third-order valence-corrected chi connectivity index (χ3v) is 23.8. The van der Waals surface area contributed by atoms with E-state index >= 15 is 0 Å². The summed E-state index contributed by atoms with van der Waals surface area (Å²) >= 11 is 0. The molecule has 1 aliphatic heterocycles. The molecule has 0 aromatic heterocycles. The molecule has 1 fully saturated rings.